The molecule has 30 heavy (non-hydrogen) atoms. The van der Waals surface area contributed by atoms with Gasteiger partial charge in [-0.15, -0.1) is 0 Å². The third-order valence-electron chi connectivity index (χ3n) is 5.54. The summed E-state index contributed by atoms with van der Waals surface area (Å²) in [7, 11) is 3.97. The summed E-state index contributed by atoms with van der Waals surface area (Å²) in [5.74, 6) is 0.612. The van der Waals surface area contributed by atoms with Gasteiger partial charge in [0.1, 0.15) is 11.6 Å². The molecule has 1 aliphatic rings. The molecule has 1 aliphatic heterocycles. The Morgan fingerprint density at radius 1 is 1.13 bits per heavy atom. The molecule has 0 bridgehead atoms. The lowest BCUT2D eigenvalue weighted by atomic mass is 10.1. The van der Waals surface area contributed by atoms with Crippen LogP contribution in [0.4, 0.5) is 9.18 Å². The average Bonchev–Trinajstić information content (AvgIpc) is 3.27. The van der Waals surface area contributed by atoms with Crippen molar-refractivity contribution in [2.75, 3.05) is 46.8 Å². The van der Waals surface area contributed by atoms with Crippen LogP contribution in [0, 0.1) is 5.82 Å². The maximum atomic E-state index is 13.2. The fourth-order valence-corrected chi connectivity index (χ4v) is 3.80. The Morgan fingerprint density at radius 3 is 2.50 bits per heavy atom. The lowest BCUT2D eigenvalue weighted by molar-refractivity contribution is 0.138. The Bertz CT molecular complexity index is 758. The van der Waals surface area contributed by atoms with Gasteiger partial charge >= 0.3 is 6.03 Å². The molecule has 0 radical (unpaired) electrons. The highest BCUT2D eigenvalue weighted by molar-refractivity contribution is 5.74. The maximum Gasteiger partial charge on any atom is 0.317 e. The lowest BCUT2D eigenvalue weighted by Crippen LogP contribution is -2.46. The minimum Gasteiger partial charge on any atom is -0.468 e. The molecule has 0 saturated carbocycles. The van der Waals surface area contributed by atoms with Crippen LogP contribution in [0.5, 0.6) is 0 Å². The summed E-state index contributed by atoms with van der Waals surface area (Å²) in [6.45, 7) is 4.30. The van der Waals surface area contributed by atoms with Crippen molar-refractivity contribution in [2.24, 2.45) is 0 Å². The fourth-order valence-electron chi connectivity index (χ4n) is 3.80. The molecule has 1 fully saturated rings. The van der Waals surface area contributed by atoms with E-state index in [4.69, 9.17) is 4.42 Å². The molecular formula is C23H33FN4O2. The van der Waals surface area contributed by atoms with E-state index in [2.05, 4.69) is 10.2 Å². The van der Waals surface area contributed by atoms with E-state index in [9.17, 15) is 9.18 Å². The van der Waals surface area contributed by atoms with Crippen molar-refractivity contribution in [1.82, 2.24) is 20.0 Å². The number of nitrogens with zero attached hydrogens (tertiary/aromatic N) is 3. The monoisotopic (exact) mass is 416 g/mol. The molecular weight excluding hydrogens is 383 g/mol. The number of amides is 2. The maximum absolute atomic E-state index is 13.2. The number of hydrogen-bond acceptors (Lipinski definition) is 4. The number of carbonyl (C=O) groups excluding carboxylic acids is 1. The van der Waals surface area contributed by atoms with Gasteiger partial charge in [-0.1, -0.05) is 18.6 Å². The molecule has 1 aromatic carbocycles. The first kappa shape index (κ1) is 22.3. The topological polar surface area (TPSA) is 52.0 Å². The molecule has 1 aromatic heterocycles. The number of rotatable bonds is 9. The zero-order chi connectivity index (χ0) is 21.3. The molecule has 3 rings (SSSR count). The van der Waals surface area contributed by atoms with E-state index in [1.807, 2.05) is 31.1 Å². The van der Waals surface area contributed by atoms with E-state index in [0.29, 0.717) is 19.6 Å². The normalized spacial score (nSPS) is 15.9. The smallest absolute Gasteiger partial charge is 0.317 e. The largest absolute Gasteiger partial charge is 0.468 e. The van der Waals surface area contributed by atoms with Gasteiger partial charge in [0.25, 0.3) is 0 Å². The molecule has 164 valence electrons. The zero-order valence-electron chi connectivity index (χ0n) is 18.0. The van der Waals surface area contributed by atoms with E-state index >= 15 is 0 Å². The highest BCUT2D eigenvalue weighted by atomic mass is 19.1. The van der Waals surface area contributed by atoms with Crippen LogP contribution in [0.1, 0.15) is 36.6 Å². The van der Waals surface area contributed by atoms with Crippen molar-refractivity contribution >= 4 is 6.03 Å². The van der Waals surface area contributed by atoms with Gasteiger partial charge in [-0.2, -0.15) is 0 Å². The third-order valence-corrected chi connectivity index (χ3v) is 5.54. The number of likely N-dealkylation sites (tertiary alicyclic amines) is 1. The Balaban J connectivity index is 1.65. The number of furan rings is 1. The molecule has 0 aliphatic carbocycles. The summed E-state index contributed by atoms with van der Waals surface area (Å²) in [5, 5.41) is 3.12. The van der Waals surface area contributed by atoms with Crippen molar-refractivity contribution in [1.29, 1.82) is 0 Å². The number of benzene rings is 1. The predicted octanol–water partition coefficient (Wildman–Crippen LogP) is 3.72. The molecule has 1 unspecified atom stereocenters. The second-order valence-corrected chi connectivity index (χ2v) is 8.17. The van der Waals surface area contributed by atoms with Crippen LogP contribution in [0.15, 0.2) is 47.1 Å². The number of nitrogens with one attached hydrogen (secondary N) is 1. The van der Waals surface area contributed by atoms with E-state index in [1.54, 1.807) is 23.3 Å². The molecule has 6 nitrogen and oxygen atoms in total. The number of halogens is 1. The molecule has 0 spiro atoms. The van der Waals surface area contributed by atoms with Crippen molar-refractivity contribution in [3.05, 3.63) is 59.8 Å². The predicted molar refractivity (Wildman–Crippen MR) is 116 cm³/mol. The standard InChI is InChI=1S/C23H33FN4O2/c1-26(2)14-15-28(18-19-8-10-20(24)11-9-19)23(29)25-17-21(22-7-6-16-30-22)27-12-4-3-5-13-27/h6-11,16,21H,3-5,12-15,17-18H2,1-2H3,(H,25,29). The van der Waals surface area contributed by atoms with Crippen molar-refractivity contribution < 1.29 is 13.6 Å². The van der Waals surface area contributed by atoms with Crippen LogP contribution >= 0.6 is 0 Å². The fraction of sp³-hybridized carbons (Fsp3) is 0.522. The van der Waals surface area contributed by atoms with E-state index < -0.39 is 0 Å². The van der Waals surface area contributed by atoms with Gasteiger partial charge < -0.3 is 19.5 Å². The minimum absolute atomic E-state index is 0.0331. The molecule has 2 amide bonds. The number of carbonyl (C=O) groups is 1. The summed E-state index contributed by atoms with van der Waals surface area (Å²) in [5.41, 5.74) is 0.906. The first-order valence-corrected chi connectivity index (χ1v) is 10.7. The van der Waals surface area contributed by atoms with Gasteiger partial charge in [0.2, 0.25) is 0 Å². The Morgan fingerprint density at radius 2 is 1.87 bits per heavy atom. The van der Waals surface area contributed by atoms with Crippen molar-refractivity contribution in [2.45, 2.75) is 31.8 Å². The lowest BCUT2D eigenvalue weighted by Gasteiger charge is -2.34. The number of hydrogen-bond donors (Lipinski definition) is 1. The number of urea groups is 1. The first-order chi connectivity index (χ1) is 14.5. The summed E-state index contributed by atoms with van der Waals surface area (Å²) in [4.78, 5) is 19.3. The number of piperidine rings is 1. The molecule has 2 heterocycles. The van der Waals surface area contributed by atoms with Gasteiger partial charge in [0, 0.05) is 26.2 Å². The summed E-state index contributed by atoms with van der Waals surface area (Å²) in [6.07, 6.45) is 5.28. The van der Waals surface area contributed by atoms with Gasteiger partial charge in [0.15, 0.2) is 0 Å². The van der Waals surface area contributed by atoms with Crippen LogP contribution < -0.4 is 5.32 Å². The Labute approximate surface area is 178 Å². The molecule has 1 saturated heterocycles. The Hall–Kier alpha value is -2.38. The van der Waals surface area contributed by atoms with E-state index in [0.717, 1.165) is 31.0 Å². The highest BCUT2D eigenvalue weighted by Crippen LogP contribution is 2.24. The number of likely N-dealkylation sites (N-methyl/N-ethyl adjacent to an activating group) is 1. The van der Waals surface area contributed by atoms with E-state index in [-0.39, 0.29) is 17.9 Å². The van der Waals surface area contributed by atoms with Crippen molar-refractivity contribution in [3.63, 3.8) is 0 Å². The molecule has 1 atom stereocenters. The van der Waals surface area contributed by atoms with Crippen LogP contribution in [0.3, 0.4) is 0 Å². The summed E-state index contributed by atoms with van der Waals surface area (Å²) < 4.78 is 18.9. The van der Waals surface area contributed by atoms with Crippen LogP contribution in [-0.2, 0) is 6.54 Å². The van der Waals surface area contributed by atoms with Gasteiger partial charge in [-0.05, 0) is 69.9 Å². The summed E-state index contributed by atoms with van der Waals surface area (Å²) in [6, 6.07) is 10.1. The van der Waals surface area contributed by atoms with Gasteiger partial charge in [0.05, 0.1) is 12.3 Å². The SMILES string of the molecule is CN(C)CCN(Cc1ccc(F)cc1)C(=O)NCC(c1ccco1)N1CCCCC1. The van der Waals surface area contributed by atoms with E-state index in [1.165, 1.54) is 31.4 Å². The van der Waals surface area contributed by atoms with Gasteiger partial charge in [-0.25, -0.2) is 9.18 Å². The first-order valence-electron chi connectivity index (χ1n) is 10.7. The quantitative estimate of drug-likeness (QED) is 0.677. The zero-order valence-corrected chi connectivity index (χ0v) is 18.0. The van der Waals surface area contributed by atoms with Crippen molar-refractivity contribution in [3.8, 4) is 0 Å². The summed E-state index contributed by atoms with van der Waals surface area (Å²) >= 11 is 0. The minimum atomic E-state index is -0.272. The van der Waals surface area contributed by atoms with Gasteiger partial charge in [-0.3, -0.25) is 4.90 Å². The molecule has 7 heteroatoms. The Kier molecular flexibility index (Phi) is 8.28. The average molecular weight is 417 g/mol. The van der Waals surface area contributed by atoms with Crippen LogP contribution in [0.2, 0.25) is 0 Å². The second kappa shape index (κ2) is 11.1. The molecule has 2 aromatic rings. The van der Waals surface area contributed by atoms with Crippen LogP contribution in [0.25, 0.3) is 0 Å². The molecule has 1 N–H and O–H groups in total. The van der Waals surface area contributed by atoms with Crippen LogP contribution in [-0.4, -0.2) is 67.5 Å². The highest BCUT2D eigenvalue weighted by Gasteiger charge is 2.26. The third kappa shape index (κ3) is 6.57. The second-order valence-electron chi connectivity index (χ2n) is 8.17.